The summed E-state index contributed by atoms with van der Waals surface area (Å²) in [4.78, 5) is 11.2. The van der Waals surface area contributed by atoms with E-state index in [1.165, 1.54) is 12.4 Å². The van der Waals surface area contributed by atoms with Crippen molar-refractivity contribution in [3.05, 3.63) is 41.8 Å². The maximum Gasteiger partial charge on any atom is 0.272 e. The van der Waals surface area contributed by atoms with E-state index in [1.54, 1.807) is 12.3 Å². The lowest BCUT2D eigenvalue weighted by atomic mass is 10.1. The van der Waals surface area contributed by atoms with Crippen LogP contribution in [0.1, 0.15) is 0 Å². The molecule has 0 radical (unpaired) electrons. The molecule has 7 heteroatoms. The van der Waals surface area contributed by atoms with Crippen molar-refractivity contribution >= 4 is 22.5 Å². The van der Waals surface area contributed by atoms with Crippen LogP contribution in [0.3, 0.4) is 0 Å². The predicted molar refractivity (Wildman–Crippen MR) is 75.8 cm³/mol. The maximum atomic E-state index is 12.1. The van der Waals surface area contributed by atoms with Gasteiger partial charge >= 0.3 is 0 Å². The lowest BCUT2D eigenvalue weighted by Crippen LogP contribution is -2.08. The van der Waals surface area contributed by atoms with Crippen LogP contribution in [0.25, 0.3) is 22.2 Å². The van der Waals surface area contributed by atoms with E-state index in [-0.39, 0.29) is 5.88 Å². The summed E-state index contributed by atoms with van der Waals surface area (Å²) in [5, 5.41) is 1.53. The van der Waals surface area contributed by atoms with E-state index < -0.39 is 13.0 Å². The number of ether oxygens (including phenoxy) is 1. The first-order chi connectivity index (χ1) is 10.1. The van der Waals surface area contributed by atoms with E-state index in [9.17, 15) is 8.78 Å². The minimum atomic E-state index is -2.54. The van der Waals surface area contributed by atoms with Crippen LogP contribution in [0.15, 0.2) is 36.8 Å². The summed E-state index contributed by atoms with van der Waals surface area (Å²) < 4.78 is 28.9. The number of aromatic nitrogens is 3. The molecule has 3 aromatic rings. The molecule has 21 heavy (non-hydrogen) atoms. The molecular weight excluding hydrogens is 300 g/mol. The number of halogens is 3. The van der Waals surface area contributed by atoms with Crippen molar-refractivity contribution in [2.24, 2.45) is 0 Å². The molecule has 0 unspecified atom stereocenters. The highest BCUT2D eigenvalue weighted by molar-refractivity contribution is 6.35. The average Bonchev–Trinajstić information content (AvgIpc) is 2.97. The smallest absolute Gasteiger partial charge is 0.272 e. The Bertz CT molecular complexity index is 759. The first-order valence-electron chi connectivity index (χ1n) is 6.14. The lowest BCUT2D eigenvalue weighted by Gasteiger charge is -2.06. The summed E-state index contributed by atoms with van der Waals surface area (Å²) in [5.41, 5.74) is 2.28. The summed E-state index contributed by atoms with van der Waals surface area (Å²) >= 11 is 6.10. The molecule has 0 spiro atoms. The van der Waals surface area contributed by atoms with E-state index in [1.807, 2.05) is 12.1 Å². The summed E-state index contributed by atoms with van der Waals surface area (Å²) in [5.74, 6) is 0.0679. The van der Waals surface area contributed by atoms with Crippen molar-refractivity contribution in [2.45, 2.75) is 6.43 Å². The Morgan fingerprint density at radius 2 is 2.05 bits per heavy atom. The fourth-order valence-corrected chi connectivity index (χ4v) is 2.24. The number of hydrogen-bond acceptors (Lipinski definition) is 3. The molecule has 2 heterocycles. The fourth-order valence-electron chi connectivity index (χ4n) is 2.02. The summed E-state index contributed by atoms with van der Waals surface area (Å²) in [6.07, 6.45) is 2.05. The van der Waals surface area contributed by atoms with Gasteiger partial charge in [0.15, 0.2) is 6.61 Å². The van der Waals surface area contributed by atoms with Gasteiger partial charge in [0.25, 0.3) is 6.43 Å². The Hall–Kier alpha value is -2.21. The number of nitrogens with zero attached hydrogens (tertiary/aromatic N) is 2. The van der Waals surface area contributed by atoms with Gasteiger partial charge in [0.05, 0.1) is 28.6 Å². The van der Waals surface area contributed by atoms with Gasteiger partial charge in [0, 0.05) is 17.1 Å². The van der Waals surface area contributed by atoms with E-state index >= 15 is 0 Å². The lowest BCUT2D eigenvalue weighted by molar-refractivity contribution is 0.0794. The van der Waals surface area contributed by atoms with E-state index in [2.05, 4.69) is 15.0 Å². The largest absolute Gasteiger partial charge is 0.470 e. The van der Waals surface area contributed by atoms with E-state index in [0.29, 0.717) is 10.7 Å². The van der Waals surface area contributed by atoms with Gasteiger partial charge in [-0.25, -0.2) is 18.7 Å². The molecule has 0 bridgehead atoms. The second kappa shape index (κ2) is 5.65. The molecule has 2 aromatic heterocycles. The number of hydrogen-bond donors (Lipinski definition) is 1. The molecule has 0 fully saturated rings. The second-order valence-electron chi connectivity index (χ2n) is 4.30. The Morgan fingerprint density at radius 3 is 2.76 bits per heavy atom. The van der Waals surface area contributed by atoms with Gasteiger partial charge in [-0.2, -0.15) is 0 Å². The quantitative estimate of drug-likeness (QED) is 0.794. The average molecular weight is 310 g/mol. The standard InChI is InChI=1S/C14H10ClF2N3O/c15-10-2-1-8(9-3-4-18-14(9)10)11-5-20-13(6-19-11)21-7-12(16)17/h1-6,12,18H,7H2. The van der Waals surface area contributed by atoms with Crippen molar-refractivity contribution in [2.75, 3.05) is 6.61 Å². The van der Waals surface area contributed by atoms with E-state index in [0.717, 1.165) is 16.5 Å². The molecule has 4 nitrogen and oxygen atoms in total. The minimum absolute atomic E-state index is 0.0679. The van der Waals surface area contributed by atoms with Gasteiger partial charge in [0.2, 0.25) is 5.88 Å². The van der Waals surface area contributed by atoms with E-state index in [4.69, 9.17) is 16.3 Å². The molecular formula is C14H10ClF2N3O. The maximum absolute atomic E-state index is 12.1. The Morgan fingerprint density at radius 1 is 1.19 bits per heavy atom. The number of alkyl halides is 2. The van der Waals surface area contributed by atoms with Crippen LogP contribution in [0, 0.1) is 0 Å². The van der Waals surface area contributed by atoms with Crippen molar-refractivity contribution in [3.8, 4) is 17.1 Å². The minimum Gasteiger partial charge on any atom is -0.470 e. The Labute approximate surface area is 123 Å². The molecule has 0 aliphatic heterocycles. The van der Waals surface area contributed by atoms with Crippen molar-refractivity contribution in [3.63, 3.8) is 0 Å². The van der Waals surface area contributed by atoms with Crippen LogP contribution in [-0.4, -0.2) is 28.0 Å². The van der Waals surface area contributed by atoms with Crippen LogP contribution in [0.2, 0.25) is 5.02 Å². The SMILES string of the molecule is FC(F)COc1cnc(-c2ccc(Cl)c3[nH]ccc23)cn1. The zero-order valence-corrected chi connectivity index (χ0v) is 11.4. The highest BCUT2D eigenvalue weighted by atomic mass is 35.5. The zero-order chi connectivity index (χ0) is 14.8. The van der Waals surface area contributed by atoms with Crippen molar-refractivity contribution in [1.82, 2.24) is 15.0 Å². The van der Waals surface area contributed by atoms with Crippen LogP contribution < -0.4 is 4.74 Å². The topological polar surface area (TPSA) is 50.8 Å². The molecule has 0 saturated heterocycles. The number of rotatable bonds is 4. The van der Waals surface area contributed by atoms with Gasteiger partial charge in [0.1, 0.15) is 0 Å². The summed E-state index contributed by atoms with van der Waals surface area (Å²) in [6, 6.07) is 5.49. The fraction of sp³-hybridized carbons (Fsp3) is 0.143. The molecule has 3 rings (SSSR count). The first kappa shape index (κ1) is 13.8. The van der Waals surface area contributed by atoms with Crippen molar-refractivity contribution in [1.29, 1.82) is 0 Å². The third-order valence-corrected chi connectivity index (χ3v) is 3.25. The summed E-state index contributed by atoms with van der Waals surface area (Å²) in [7, 11) is 0. The van der Waals surface area contributed by atoms with Crippen LogP contribution in [0.5, 0.6) is 5.88 Å². The summed E-state index contributed by atoms with van der Waals surface area (Å²) in [6.45, 7) is -0.697. The van der Waals surface area contributed by atoms with Gasteiger partial charge in [-0.15, -0.1) is 0 Å². The number of benzene rings is 1. The van der Waals surface area contributed by atoms with Crippen molar-refractivity contribution < 1.29 is 13.5 Å². The molecule has 0 saturated carbocycles. The third kappa shape index (κ3) is 2.80. The number of fused-ring (bicyclic) bond motifs is 1. The molecule has 0 amide bonds. The molecule has 1 N–H and O–H groups in total. The Balaban J connectivity index is 1.92. The number of H-pyrrole nitrogens is 1. The normalized spacial score (nSPS) is 11.2. The van der Waals surface area contributed by atoms with Gasteiger partial charge in [-0.05, 0) is 12.1 Å². The number of aromatic amines is 1. The first-order valence-corrected chi connectivity index (χ1v) is 6.52. The van der Waals surface area contributed by atoms with Gasteiger partial charge in [-0.3, -0.25) is 0 Å². The highest BCUT2D eigenvalue weighted by Crippen LogP contribution is 2.31. The van der Waals surface area contributed by atoms with Crippen LogP contribution in [-0.2, 0) is 0 Å². The molecule has 0 aliphatic carbocycles. The molecule has 0 atom stereocenters. The second-order valence-corrected chi connectivity index (χ2v) is 4.71. The monoisotopic (exact) mass is 309 g/mol. The molecule has 0 aliphatic rings. The van der Waals surface area contributed by atoms with Gasteiger partial charge in [-0.1, -0.05) is 17.7 Å². The number of nitrogens with one attached hydrogen (secondary N) is 1. The predicted octanol–water partition coefficient (Wildman–Crippen LogP) is 3.92. The molecule has 1 aromatic carbocycles. The van der Waals surface area contributed by atoms with Crippen LogP contribution in [0.4, 0.5) is 8.78 Å². The van der Waals surface area contributed by atoms with Gasteiger partial charge < -0.3 is 9.72 Å². The Kier molecular flexibility index (Phi) is 3.70. The van der Waals surface area contributed by atoms with Crippen LogP contribution >= 0.6 is 11.6 Å². The highest BCUT2D eigenvalue weighted by Gasteiger charge is 2.10. The zero-order valence-electron chi connectivity index (χ0n) is 10.7. The molecule has 108 valence electrons. The third-order valence-electron chi connectivity index (χ3n) is 2.93.